The van der Waals surface area contributed by atoms with Gasteiger partial charge in [0.1, 0.15) is 0 Å². The lowest BCUT2D eigenvalue weighted by Gasteiger charge is -2.41. The highest BCUT2D eigenvalue weighted by molar-refractivity contribution is 6.99. The standard InChI is InChI=1S/C29H43ClOSi/c1-29(2,3)32(27-21-15-13-16-22-27,28-23-17-14-18-24-28)31-26-20-12-10-8-6-4-5-7-9-11-19-25-30/h13-18,20-24,26H,4-12,19,25H2,1-3H3/b26-20-. The van der Waals surface area contributed by atoms with Crippen molar-refractivity contribution in [3.63, 3.8) is 0 Å². The minimum Gasteiger partial charge on any atom is -0.540 e. The van der Waals surface area contributed by atoms with Crippen molar-refractivity contribution in [3.05, 3.63) is 73.0 Å². The maximum absolute atomic E-state index is 6.81. The Morgan fingerprint density at radius 1 is 0.688 bits per heavy atom. The minimum atomic E-state index is -2.44. The molecule has 0 N–H and O–H groups in total. The molecule has 0 atom stereocenters. The van der Waals surface area contributed by atoms with E-state index < -0.39 is 8.32 Å². The van der Waals surface area contributed by atoms with Gasteiger partial charge < -0.3 is 4.43 Å². The van der Waals surface area contributed by atoms with Crippen LogP contribution in [0.15, 0.2) is 73.0 Å². The van der Waals surface area contributed by atoms with Crippen LogP contribution in [-0.2, 0) is 4.43 Å². The van der Waals surface area contributed by atoms with Crippen molar-refractivity contribution in [1.82, 2.24) is 0 Å². The van der Waals surface area contributed by atoms with Gasteiger partial charge in [-0.15, -0.1) is 11.6 Å². The van der Waals surface area contributed by atoms with Crippen LogP contribution in [0.2, 0.25) is 5.04 Å². The van der Waals surface area contributed by atoms with Crippen LogP contribution in [0.5, 0.6) is 0 Å². The first kappa shape index (κ1) is 26.7. The summed E-state index contributed by atoms with van der Waals surface area (Å²) in [5.74, 6) is 0.813. The number of hydrogen-bond acceptors (Lipinski definition) is 1. The molecule has 0 aromatic heterocycles. The predicted octanol–water partition coefficient (Wildman–Crippen LogP) is 8.22. The van der Waals surface area contributed by atoms with Crippen LogP contribution in [0.3, 0.4) is 0 Å². The molecule has 0 aliphatic heterocycles. The molecule has 0 spiro atoms. The Labute approximate surface area is 203 Å². The number of allylic oxidation sites excluding steroid dienone is 1. The lowest BCUT2D eigenvalue weighted by Crippen LogP contribution is -2.65. The zero-order valence-electron chi connectivity index (χ0n) is 20.5. The lowest BCUT2D eigenvalue weighted by atomic mass is 10.1. The Balaban J connectivity index is 1.90. The number of rotatable bonds is 15. The van der Waals surface area contributed by atoms with Crippen molar-refractivity contribution in [3.8, 4) is 0 Å². The highest BCUT2D eigenvalue weighted by Gasteiger charge is 2.51. The molecule has 176 valence electrons. The van der Waals surface area contributed by atoms with Gasteiger partial charge in [0.25, 0.3) is 0 Å². The summed E-state index contributed by atoms with van der Waals surface area (Å²) in [6.45, 7) is 6.97. The quantitative estimate of drug-likeness (QED) is 0.110. The maximum atomic E-state index is 6.81. The van der Waals surface area contributed by atoms with Gasteiger partial charge in [0.2, 0.25) is 0 Å². The fraction of sp³-hybridized carbons (Fsp3) is 0.517. The number of benzene rings is 2. The summed E-state index contributed by atoms with van der Waals surface area (Å²) in [5.41, 5.74) is 0. The molecule has 2 aromatic rings. The lowest BCUT2D eigenvalue weighted by molar-refractivity contribution is 0.442. The first-order valence-electron chi connectivity index (χ1n) is 12.5. The first-order chi connectivity index (χ1) is 15.5. The second-order valence-electron chi connectivity index (χ2n) is 9.81. The zero-order valence-corrected chi connectivity index (χ0v) is 22.2. The smallest absolute Gasteiger partial charge is 0.319 e. The predicted molar refractivity (Wildman–Crippen MR) is 145 cm³/mol. The van der Waals surface area contributed by atoms with E-state index in [9.17, 15) is 0 Å². The van der Waals surface area contributed by atoms with Crippen LogP contribution in [-0.4, -0.2) is 14.2 Å². The largest absolute Gasteiger partial charge is 0.540 e. The van der Waals surface area contributed by atoms with Gasteiger partial charge in [-0.3, -0.25) is 0 Å². The molecule has 32 heavy (non-hydrogen) atoms. The molecule has 2 aromatic carbocycles. The van der Waals surface area contributed by atoms with E-state index in [0.29, 0.717) is 0 Å². The van der Waals surface area contributed by atoms with Crippen molar-refractivity contribution in [2.24, 2.45) is 0 Å². The average molecular weight is 471 g/mol. The minimum absolute atomic E-state index is 0.0177. The molecule has 1 nitrogen and oxygen atoms in total. The zero-order chi connectivity index (χ0) is 23.1. The van der Waals surface area contributed by atoms with E-state index in [4.69, 9.17) is 16.0 Å². The molecule has 0 saturated heterocycles. The monoisotopic (exact) mass is 470 g/mol. The fourth-order valence-corrected chi connectivity index (χ4v) is 9.01. The van der Waals surface area contributed by atoms with Gasteiger partial charge in [-0.25, -0.2) is 0 Å². The molecule has 0 aliphatic rings. The highest BCUT2D eigenvalue weighted by Crippen LogP contribution is 2.36. The molecule has 0 heterocycles. The number of alkyl halides is 1. The summed E-state index contributed by atoms with van der Waals surface area (Å²) in [4.78, 5) is 0. The first-order valence-corrected chi connectivity index (χ1v) is 15.0. The Morgan fingerprint density at radius 3 is 1.56 bits per heavy atom. The van der Waals surface area contributed by atoms with Crippen molar-refractivity contribution in [1.29, 1.82) is 0 Å². The van der Waals surface area contributed by atoms with Crippen molar-refractivity contribution >= 4 is 30.3 Å². The van der Waals surface area contributed by atoms with E-state index in [1.807, 2.05) is 6.26 Å². The Hall–Kier alpha value is -1.51. The normalized spacial score (nSPS) is 12.4. The molecular weight excluding hydrogens is 428 g/mol. The topological polar surface area (TPSA) is 9.23 Å². The molecule has 0 fully saturated rings. The van der Waals surface area contributed by atoms with Crippen LogP contribution < -0.4 is 10.4 Å². The van der Waals surface area contributed by atoms with Gasteiger partial charge in [0.05, 0.1) is 6.26 Å². The van der Waals surface area contributed by atoms with E-state index in [-0.39, 0.29) is 5.04 Å². The molecular formula is C29H43ClOSi. The van der Waals surface area contributed by atoms with Crippen LogP contribution in [0, 0.1) is 0 Å². The molecule has 2 rings (SSSR count). The summed E-state index contributed by atoms with van der Waals surface area (Å²) in [7, 11) is -2.44. The third kappa shape index (κ3) is 8.12. The van der Waals surface area contributed by atoms with Gasteiger partial charge in [-0.05, 0) is 34.7 Å². The van der Waals surface area contributed by atoms with Crippen LogP contribution >= 0.6 is 11.6 Å². The number of unbranched alkanes of at least 4 members (excludes halogenated alkanes) is 9. The van der Waals surface area contributed by atoms with E-state index in [1.165, 1.54) is 68.2 Å². The third-order valence-corrected chi connectivity index (χ3v) is 11.4. The van der Waals surface area contributed by atoms with Gasteiger partial charge >= 0.3 is 8.32 Å². The van der Waals surface area contributed by atoms with E-state index in [1.54, 1.807) is 0 Å². The van der Waals surface area contributed by atoms with Gasteiger partial charge in [0, 0.05) is 5.88 Å². The summed E-state index contributed by atoms with van der Waals surface area (Å²) in [5, 5.41) is 2.67. The molecule has 0 bridgehead atoms. The fourth-order valence-electron chi connectivity index (χ4n) is 4.50. The molecule has 0 unspecified atom stereocenters. The molecule has 0 saturated carbocycles. The SMILES string of the molecule is CC(C)(C)[Si](O/C=C\CCCCCCCCCCCCl)(c1ccccc1)c1ccccc1. The van der Waals surface area contributed by atoms with Gasteiger partial charge in [-0.2, -0.15) is 0 Å². The highest BCUT2D eigenvalue weighted by atomic mass is 35.5. The Morgan fingerprint density at radius 2 is 1.12 bits per heavy atom. The summed E-state index contributed by atoms with van der Waals surface area (Å²) < 4.78 is 6.81. The van der Waals surface area contributed by atoms with Crippen molar-refractivity contribution < 1.29 is 4.43 Å². The van der Waals surface area contributed by atoms with Gasteiger partial charge in [-0.1, -0.05) is 132 Å². The Bertz CT molecular complexity index is 712. The molecule has 0 amide bonds. The third-order valence-electron chi connectivity index (χ3n) is 6.26. The Kier molecular flexibility index (Phi) is 12.2. The molecule has 0 radical (unpaired) electrons. The van der Waals surface area contributed by atoms with Crippen LogP contribution in [0.25, 0.3) is 0 Å². The van der Waals surface area contributed by atoms with Crippen molar-refractivity contribution in [2.75, 3.05) is 5.88 Å². The van der Waals surface area contributed by atoms with Crippen molar-refractivity contribution in [2.45, 2.75) is 90.0 Å². The van der Waals surface area contributed by atoms with E-state index in [0.717, 1.165) is 12.3 Å². The number of halogens is 1. The van der Waals surface area contributed by atoms with Crippen LogP contribution in [0.4, 0.5) is 0 Å². The van der Waals surface area contributed by atoms with E-state index in [2.05, 4.69) is 87.5 Å². The molecule has 0 aliphatic carbocycles. The second-order valence-corrected chi connectivity index (χ2v) is 14.4. The second kappa shape index (κ2) is 14.6. The number of hydrogen-bond donors (Lipinski definition) is 0. The maximum Gasteiger partial charge on any atom is 0.319 e. The van der Waals surface area contributed by atoms with Gasteiger partial charge in [0.15, 0.2) is 0 Å². The summed E-state index contributed by atoms with van der Waals surface area (Å²) in [6.07, 6.45) is 17.1. The van der Waals surface area contributed by atoms with Crippen LogP contribution in [0.1, 0.15) is 85.0 Å². The molecule has 3 heteroatoms. The summed E-state index contributed by atoms with van der Waals surface area (Å²) >= 11 is 5.73. The summed E-state index contributed by atoms with van der Waals surface area (Å²) in [6, 6.07) is 21.7. The van der Waals surface area contributed by atoms with E-state index >= 15 is 0 Å². The average Bonchev–Trinajstić information content (AvgIpc) is 2.80.